The largest absolute Gasteiger partial charge is 0.361 e. The van der Waals surface area contributed by atoms with Crippen LogP contribution in [0.4, 0.5) is 0 Å². The Morgan fingerprint density at radius 3 is 2.91 bits per heavy atom. The van der Waals surface area contributed by atoms with E-state index in [9.17, 15) is 4.79 Å². The van der Waals surface area contributed by atoms with Gasteiger partial charge in [0.2, 0.25) is 5.91 Å². The van der Waals surface area contributed by atoms with Crippen LogP contribution in [0.15, 0.2) is 36.7 Å². The molecule has 0 aliphatic carbocycles. The predicted molar refractivity (Wildman–Crippen MR) is 86.5 cm³/mol. The number of hydrogen-bond acceptors (Lipinski definition) is 2. The van der Waals surface area contributed by atoms with Crippen molar-refractivity contribution in [2.45, 2.75) is 26.3 Å². The summed E-state index contributed by atoms with van der Waals surface area (Å²) in [5.41, 5.74) is 4.19. The van der Waals surface area contributed by atoms with Crippen molar-refractivity contribution < 1.29 is 4.79 Å². The van der Waals surface area contributed by atoms with Gasteiger partial charge in [-0.3, -0.25) is 9.48 Å². The highest BCUT2D eigenvalue weighted by molar-refractivity contribution is 5.88. The second-order valence-electron chi connectivity index (χ2n) is 5.63. The van der Waals surface area contributed by atoms with Crippen molar-refractivity contribution in [3.8, 4) is 0 Å². The number of fused-ring (bicyclic) bond motifs is 1. The van der Waals surface area contributed by atoms with E-state index in [0.29, 0.717) is 6.42 Å². The first-order valence-electron chi connectivity index (χ1n) is 7.39. The second kappa shape index (κ2) is 5.67. The van der Waals surface area contributed by atoms with Crippen molar-refractivity contribution in [2.75, 3.05) is 0 Å². The molecule has 0 unspecified atom stereocenters. The summed E-state index contributed by atoms with van der Waals surface area (Å²) >= 11 is 0. The second-order valence-corrected chi connectivity index (χ2v) is 5.63. The molecule has 0 bridgehead atoms. The Morgan fingerprint density at radius 1 is 1.41 bits per heavy atom. The van der Waals surface area contributed by atoms with E-state index >= 15 is 0 Å². The van der Waals surface area contributed by atoms with E-state index in [1.54, 1.807) is 0 Å². The van der Waals surface area contributed by atoms with Crippen LogP contribution in [0.3, 0.4) is 0 Å². The fourth-order valence-electron chi connectivity index (χ4n) is 2.76. The Bertz CT molecular complexity index is 815. The smallest absolute Gasteiger partial charge is 0.224 e. The third-order valence-corrected chi connectivity index (χ3v) is 4.14. The molecule has 3 aromatic rings. The minimum atomic E-state index is -0.0496. The zero-order valence-corrected chi connectivity index (χ0v) is 13.1. The summed E-state index contributed by atoms with van der Waals surface area (Å²) in [6, 6.07) is 7.96. The van der Waals surface area contributed by atoms with Gasteiger partial charge in [-0.05, 0) is 25.5 Å². The number of nitrogens with zero attached hydrogens (tertiary/aromatic N) is 2. The van der Waals surface area contributed by atoms with Gasteiger partial charge in [-0.25, -0.2) is 0 Å². The highest BCUT2D eigenvalue weighted by Crippen LogP contribution is 2.19. The maximum absolute atomic E-state index is 12.3. The number of hydrogen-bond donors (Lipinski definition) is 2. The van der Waals surface area contributed by atoms with Gasteiger partial charge in [0.15, 0.2) is 0 Å². The lowest BCUT2D eigenvalue weighted by Gasteiger charge is -2.13. The van der Waals surface area contributed by atoms with E-state index in [0.717, 1.165) is 27.7 Å². The van der Waals surface area contributed by atoms with Crippen LogP contribution < -0.4 is 5.32 Å². The summed E-state index contributed by atoms with van der Waals surface area (Å²) in [6.07, 6.45) is 4.09. The fourth-order valence-corrected chi connectivity index (χ4v) is 2.76. The van der Waals surface area contributed by atoms with Crippen LogP contribution in [-0.4, -0.2) is 20.7 Å². The molecule has 0 radical (unpaired) electrons. The zero-order chi connectivity index (χ0) is 15.7. The van der Waals surface area contributed by atoms with Crippen molar-refractivity contribution in [1.82, 2.24) is 20.1 Å². The molecule has 1 amide bonds. The van der Waals surface area contributed by atoms with Crippen molar-refractivity contribution in [2.24, 2.45) is 7.05 Å². The van der Waals surface area contributed by atoms with Gasteiger partial charge in [0.25, 0.3) is 0 Å². The first kappa shape index (κ1) is 14.4. The Hall–Kier alpha value is -2.56. The number of para-hydroxylation sites is 1. The first-order chi connectivity index (χ1) is 10.6. The minimum Gasteiger partial charge on any atom is -0.361 e. The molecule has 1 aromatic carbocycles. The molecule has 0 spiro atoms. The van der Waals surface area contributed by atoms with Gasteiger partial charge >= 0.3 is 0 Å². The number of rotatable bonds is 4. The molecule has 0 saturated carbocycles. The number of carbonyl (C=O) groups is 1. The number of H-pyrrole nitrogens is 1. The number of aromatic nitrogens is 3. The molecule has 0 aliphatic rings. The van der Waals surface area contributed by atoms with E-state index in [-0.39, 0.29) is 11.9 Å². The van der Waals surface area contributed by atoms with Crippen LogP contribution in [-0.2, 0) is 18.3 Å². The fraction of sp³-hybridized carbons (Fsp3) is 0.294. The van der Waals surface area contributed by atoms with Gasteiger partial charge in [0.1, 0.15) is 0 Å². The van der Waals surface area contributed by atoms with E-state index in [4.69, 9.17) is 0 Å². The van der Waals surface area contributed by atoms with Crippen LogP contribution in [0.25, 0.3) is 10.9 Å². The number of nitrogens with one attached hydrogen (secondary N) is 2. The molecular weight excluding hydrogens is 276 g/mol. The molecule has 0 aliphatic heterocycles. The van der Waals surface area contributed by atoms with E-state index in [1.807, 2.05) is 62.2 Å². The first-order valence-corrected chi connectivity index (χ1v) is 7.39. The average Bonchev–Trinajstić information content (AvgIpc) is 3.04. The van der Waals surface area contributed by atoms with Crippen LogP contribution >= 0.6 is 0 Å². The highest BCUT2D eigenvalue weighted by Gasteiger charge is 2.15. The van der Waals surface area contributed by atoms with Crippen LogP contribution in [0, 0.1) is 6.92 Å². The molecular formula is C17H20N4O. The number of amides is 1. The topological polar surface area (TPSA) is 62.7 Å². The van der Waals surface area contributed by atoms with Gasteiger partial charge < -0.3 is 10.3 Å². The lowest BCUT2D eigenvalue weighted by Crippen LogP contribution is -2.28. The molecule has 1 atom stereocenters. The number of aryl methyl sites for hydroxylation is 1. The molecule has 2 N–H and O–H groups in total. The molecule has 2 aromatic heterocycles. The molecule has 0 saturated heterocycles. The predicted octanol–water partition coefficient (Wildman–Crippen LogP) is 2.63. The number of benzene rings is 1. The number of carbonyl (C=O) groups excluding carboxylic acids is 1. The number of aromatic amines is 1. The molecule has 22 heavy (non-hydrogen) atoms. The zero-order valence-electron chi connectivity index (χ0n) is 13.1. The van der Waals surface area contributed by atoms with Gasteiger partial charge in [0.05, 0.1) is 18.7 Å². The summed E-state index contributed by atoms with van der Waals surface area (Å²) in [6.45, 7) is 3.99. The Balaban J connectivity index is 1.71. The van der Waals surface area contributed by atoms with Gasteiger partial charge in [-0.1, -0.05) is 18.2 Å². The van der Waals surface area contributed by atoms with Crippen molar-refractivity contribution in [1.29, 1.82) is 0 Å². The van der Waals surface area contributed by atoms with Gasteiger partial charge in [0, 0.05) is 35.4 Å². The van der Waals surface area contributed by atoms with E-state index in [2.05, 4.69) is 15.4 Å². The monoisotopic (exact) mass is 296 g/mol. The Labute approximate surface area is 129 Å². The summed E-state index contributed by atoms with van der Waals surface area (Å²) in [5.74, 6) is 0.0144. The van der Waals surface area contributed by atoms with Crippen molar-refractivity contribution in [3.63, 3.8) is 0 Å². The van der Waals surface area contributed by atoms with Crippen LogP contribution in [0.5, 0.6) is 0 Å². The maximum Gasteiger partial charge on any atom is 0.224 e. The SMILES string of the molecule is Cc1c([C@H](C)NC(=O)Cc2c[nH]c3ccccc23)cnn1C. The van der Waals surface area contributed by atoms with Crippen molar-refractivity contribution in [3.05, 3.63) is 53.5 Å². The molecule has 5 nitrogen and oxygen atoms in total. The third-order valence-electron chi connectivity index (χ3n) is 4.14. The molecule has 0 fully saturated rings. The van der Waals surface area contributed by atoms with Gasteiger partial charge in [-0.15, -0.1) is 0 Å². The lowest BCUT2D eigenvalue weighted by atomic mass is 10.1. The van der Waals surface area contributed by atoms with E-state index in [1.165, 1.54) is 0 Å². The Morgan fingerprint density at radius 2 is 2.18 bits per heavy atom. The standard InChI is InChI=1S/C17H20N4O/c1-11(15-10-19-21(3)12(15)2)20-17(22)8-13-9-18-16-7-5-4-6-14(13)16/h4-7,9-11,18H,8H2,1-3H3,(H,20,22)/t11-/m0/s1. The molecule has 3 rings (SSSR count). The van der Waals surface area contributed by atoms with E-state index < -0.39 is 0 Å². The molecule has 2 heterocycles. The summed E-state index contributed by atoms with van der Waals surface area (Å²) in [4.78, 5) is 15.5. The van der Waals surface area contributed by atoms with Crippen LogP contribution in [0.2, 0.25) is 0 Å². The van der Waals surface area contributed by atoms with Crippen molar-refractivity contribution >= 4 is 16.8 Å². The Kier molecular flexibility index (Phi) is 3.71. The molecule has 114 valence electrons. The summed E-state index contributed by atoms with van der Waals surface area (Å²) < 4.78 is 1.82. The summed E-state index contributed by atoms with van der Waals surface area (Å²) in [7, 11) is 1.90. The quantitative estimate of drug-likeness (QED) is 0.777. The maximum atomic E-state index is 12.3. The lowest BCUT2D eigenvalue weighted by molar-refractivity contribution is -0.121. The van der Waals surface area contributed by atoms with Gasteiger partial charge in [-0.2, -0.15) is 5.10 Å². The normalized spacial score (nSPS) is 12.5. The molecule has 5 heteroatoms. The minimum absolute atomic E-state index is 0.0144. The summed E-state index contributed by atoms with van der Waals surface area (Å²) in [5, 5.41) is 8.37. The average molecular weight is 296 g/mol. The van der Waals surface area contributed by atoms with Crippen LogP contribution in [0.1, 0.15) is 29.8 Å². The third kappa shape index (κ3) is 2.62. The highest BCUT2D eigenvalue weighted by atomic mass is 16.1.